The van der Waals surface area contributed by atoms with Gasteiger partial charge in [0.25, 0.3) is 5.69 Å². The van der Waals surface area contributed by atoms with Gasteiger partial charge in [-0.2, -0.15) is 0 Å². The quantitative estimate of drug-likeness (QED) is 0.261. The van der Waals surface area contributed by atoms with Gasteiger partial charge in [-0.05, 0) is 31.4 Å². The van der Waals surface area contributed by atoms with Gasteiger partial charge in [-0.25, -0.2) is 4.79 Å². The normalized spacial score (nSPS) is 10.2. The van der Waals surface area contributed by atoms with Crippen molar-refractivity contribution in [2.75, 3.05) is 12.9 Å². The SMILES string of the molecule is CSc1ccc(C(=O)COC(=O)c2cccc(C)c2[N+](=O)[O-])cc1. The molecule has 0 heterocycles. The lowest BCUT2D eigenvalue weighted by Crippen LogP contribution is -2.15. The Labute approximate surface area is 143 Å². The summed E-state index contributed by atoms with van der Waals surface area (Å²) >= 11 is 1.55. The van der Waals surface area contributed by atoms with Crippen molar-refractivity contribution in [1.82, 2.24) is 0 Å². The molecule has 124 valence electrons. The lowest BCUT2D eigenvalue weighted by atomic mass is 10.1. The van der Waals surface area contributed by atoms with Gasteiger partial charge in [-0.15, -0.1) is 11.8 Å². The number of rotatable bonds is 6. The maximum absolute atomic E-state index is 12.1. The molecule has 7 heteroatoms. The molecule has 0 radical (unpaired) electrons. The Morgan fingerprint density at radius 3 is 2.42 bits per heavy atom. The van der Waals surface area contributed by atoms with Crippen molar-refractivity contribution >= 4 is 29.2 Å². The summed E-state index contributed by atoms with van der Waals surface area (Å²) in [7, 11) is 0. The highest BCUT2D eigenvalue weighted by Gasteiger charge is 2.24. The van der Waals surface area contributed by atoms with Gasteiger partial charge in [0.1, 0.15) is 5.56 Å². The second-order valence-electron chi connectivity index (χ2n) is 4.96. The Morgan fingerprint density at radius 1 is 1.17 bits per heavy atom. The van der Waals surface area contributed by atoms with E-state index >= 15 is 0 Å². The largest absolute Gasteiger partial charge is 0.454 e. The fraction of sp³-hybridized carbons (Fsp3) is 0.176. The Bertz CT molecular complexity index is 786. The molecule has 0 spiro atoms. The topological polar surface area (TPSA) is 86.5 Å². The number of ketones is 1. The molecule has 0 atom stereocenters. The third-order valence-corrected chi connectivity index (χ3v) is 4.13. The molecule has 6 nitrogen and oxygen atoms in total. The van der Waals surface area contributed by atoms with Crippen molar-refractivity contribution in [1.29, 1.82) is 0 Å². The van der Waals surface area contributed by atoms with Gasteiger partial charge in [-0.3, -0.25) is 14.9 Å². The fourth-order valence-electron chi connectivity index (χ4n) is 2.14. The van der Waals surface area contributed by atoms with Crippen molar-refractivity contribution in [2.45, 2.75) is 11.8 Å². The Balaban J connectivity index is 2.09. The summed E-state index contributed by atoms with van der Waals surface area (Å²) in [5.41, 5.74) is 0.303. The molecule has 0 N–H and O–H groups in total. The third kappa shape index (κ3) is 3.99. The molecule has 0 fully saturated rings. The summed E-state index contributed by atoms with van der Waals surface area (Å²) in [6, 6.07) is 11.3. The first-order chi connectivity index (χ1) is 11.4. The van der Waals surface area contributed by atoms with Crippen LogP contribution in [-0.2, 0) is 4.74 Å². The van der Waals surface area contributed by atoms with Crippen molar-refractivity contribution < 1.29 is 19.2 Å². The van der Waals surface area contributed by atoms with Crippen molar-refractivity contribution in [3.05, 3.63) is 69.3 Å². The van der Waals surface area contributed by atoms with Gasteiger partial charge in [0.2, 0.25) is 0 Å². The Hall–Kier alpha value is -2.67. The zero-order valence-corrected chi connectivity index (χ0v) is 14.0. The van der Waals surface area contributed by atoms with Crippen LogP contribution in [-0.4, -0.2) is 29.5 Å². The number of carbonyl (C=O) groups is 2. The van der Waals surface area contributed by atoms with E-state index in [1.54, 1.807) is 36.0 Å². The number of nitro benzene ring substituents is 1. The second-order valence-corrected chi connectivity index (χ2v) is 5.84. The van der Waals surface area contributed by atoms with E-state index in [0.29, 0.717) is 11.1 Å². The molecule has 2 aromatic carbocycles. The maximum atomic E-state index is 12.1. The van der Waals surface area contributed by atoms with Gasteiger partial charge in [-0.1, -0.05) is 24.3 Å². The highest BCUT2D eigenvalue weighted by atomic mass is 32.2. The number of Topliss-reactive ketones (excluding diaryl/α,β-unsaturated/α-hetero) is 1. The third-order valence-electron chi connectivity index (χ3n) is 3.39. The van der Waals surface area contributed by atoms with E-state index in [1.807, 2.05) is 6.26 Å². The summed E-state index contributed by atoms with van der Waals surface area (Å²) in [6.45, 7) is 1.07. The molecule has 0 aromatic heterocycles. The zero-order valence-electron chi connectivity index (χ0n) is 13.1. The van der Waals surface area contributed by atoms with Crippen LogP contribution in [0.2, 0.25) is 0 Å². The molecule has 0 aliphatic rings. The smallest absolute Gasteiger partial charge is 0.345 e. The average molecular weight is 345 g/mol. The fourth-order valence-corrected chi connectivity index (χ4v) is 2.54. The Kier molecular flexibility index (Phi) is 5.70. The molecular weight excluding hydrogens is 330 g/mol. The average Bonchev–Trinajstić information content (AvgIpc) is 2.58. The maximum Gasteiger partial charge on any atom is 0.345 e. The van der Waals surface area contributed by atoms with E-state index < -0.39 is 17.5 Å². The molecule has 0 saturated heterocycles. The number of hydrogen-bond acceptors (Lipinski definition) is 6. The van der Waals surface area contributed by atoms with Crippen LogP contribution >= 0.6 is 11.8 Å². The summed E-state index contributed by atoms with van der Waals surface area (Å²) in [5.74, 6) is -1.26. The lowest BCUT2D eigenvalue weighted by Gasteiger charge is -2.06. The number of thioether (sulfide) groups is 1. The zero-order chi connectivity index (χ0) is 17.7. The van der Waals surface area contributed by atoms with Gasteiger partial charge < -0.3 is 4.74 Å². The predicted octanol–water partition coefficient (Wildman–Crippen LogP) is 3.66. The summed E-state index contributed by atoms with van der Waals surface area (Å²) in [6.07, 6.45) is 1.92. The first-order valence-electron chi connectivity index (χ1n) is 7.02. The van der Waals surface area contributed by atoms with Crippen LogP contribution in [0.1, 0.15) is 26.3 Å². The number of hydrogen-bond donors (Lipinski definition) is 0. The molecule has 0 aliphatic carbocycles. The number of esters is 1. The van der Waals surface area contributed by atoms with E-state index in [1.165, 1.54) is 25.1 Å². The summed E-state index contributed by atoms with van der Waals surface area (Å²) < 4.78 is 4.95. The van der Waals surface area contributed by atoms with Crippen LogP contribution in [0.25, 0.3) is 0 Å². The van der Waals surface area contributed by atoms with Gasteiger partial charge in [0.05, 0.1) is 4.92 Å². The Morgan fingerprint density at radius 2 is 1.83 bits per heavy atom. The molecule has 0 bridgehead atoms. The van der Waals surface area contributed by atoms with Gasteiger partial charge >= 0.3 is 5.97 Å². The number of nitrogens with zero attached hydrogens (tertiary/aromatic N) is 1. The van der Waals surface area contributed by atoms with E-state index in [2.05, 4.69) is 0 Å². The molecule has 0 saturated carbocycles. The van der Waals surface area contributed by atoms with Crippen LogP contribution < -0.4 is 0 Å². The molecule has 24 heavy (non-hydrogen) atoms. The van der Waals surface area contributed by atoms with Crippen LogP contribution in [0.4, 0.5) is 5.69 Å². The number of aryl methyl sites for hydroxylation is 1. The van der Waals surface area contributed by atoms with Crippen LogP contribution in [0, 0.1) is 17.0 Å². The minimum Gasteiger partial charge on any atom is -0.454 e. The molecule has 2 aromatic rings. The highest BCUT2D eigenvalue weighted by molar-refractivity contribution is 7.98. The van der Waals surface area contributed by atoms with Crippen LogP contribution in [0.15, 0.2) is 47.4 Å². The van der Waals surface area contributed by atoms with Crippen LogP contribution in [0.3, 0.4) is 0 Å². The number of carbonyl (C=O) groups excluding carboxylic acids is 2. The number of benzene rings is 2. The second kappa shape index (κ2) is 7.74. The molecule has 0 aliphatic heterocycles. The summed E-state index contributed by atoms with van der Waals surface area (Å²) in [5, 5.41) is 11.1. The van der Waals surface area contributed by atoms with Crippen molar-refractivity contribution in [3.8, 4) is 0 Å². The predicted molar refractivity (Wildman–Crippen MR) is 90.7 cm³/mol. The highest BCUT2D eigenvalue weighted by Crippen LogP contribution is 2.23. The monoisotopic (exact) mass is 345 g/mol. The molecule has 0 unspecified atom stereocenters. The van der Waals surface area contributed by atoms with E-state index in [4.69, 9.17) is 4.74 Å². The standard InChI is InChI=1S/C17H15NO5S/c1-11-4-3-5-14(16(11)18(21)22)17(20)23-10-15(19)12-6-8-13(24-2)9-7-12/h3-9H,10H2,1-2H3. The van der Waals surface area contributed by atoms with Crippen molar-refractivity contribution in [2.24, 2.45) is 0 Å². The summed E-state index contributed by atoms with van der Waals surface area (Å²) in [4.78, 5) is 35.6. The number of para-hydroxylation sites is 1. The first-order valence-corrected chi connectivity index (χ1v) is 8.25. The lowest BCUT2D eigenvalue weighted by molar-refractivity contribution is -0.385. The number of ether oxygens (including phenoxy) is 1. The van der Waals surface area contributed by atoms with Gasteiger partial charge in [0.15, 0.2) is 12.4 Å². The minimum atomic E-state index is -0.889. The van der Waals surface area contributed by atoms with Crippen molar-refractivity contribution in [3.63, 3.8) is 0 Å². The van der Waals surface area contributed by atoms with E-state index in [-0.39, 0.29) is 17.0 Å². The van der Waals surface area contributed by atoms with Gasteiger partial charge in [0, 0.05) is 16.0 Å². The molecular formula is C17H15NO5S. The molecule has 0 amide bonds. The van der Waals surface area contributed by atoms with E-state index in [0.717, 1.165) is 4.90 Å². The molecule has 2 rings (SSSR count). The first kappa shape index (κ1) is 17.7. The van der Waals surface area contributed by atoms with Crippen LogP contribution in [0.5, 0.6) is 0 Å². The number of nitro groups is 1. The minimum absolute atomic E-state index is 0.162. The van der Waals surface area contributed by atoms with E-state index in [9.17, 15) is 19.7 Å².